The molecule has 0 spiro atoms. The zero-order valence-corrected chi connectivity index (χ0v) is 11.2. The van der Waals surface area contributed by atoms with Gasteiger partial charge in [0.25, 0.3) is 0 Å². The Kier molecular flexibility index (Phi) is 2.37. The van der Waals surface area contributed by atoms with Gasteiger partial charge in [0.2, 0.25) is 5.91 Å². The van der Waals surface area contributed by atoms with Gasteiger partial charge in [-0.2, -0.15) is 0 Å². The van der Waals surface area contributed by atoms with E-state index in [9.17, 15) is 9.90 Å². The molecular formula is C15H16ClNO2. The quantitative estimate of drug-likeness (QED) is 0.815. The first kappa shape index (κ1) is 11.6. The lowest BCUT2D eigenvalue weighted by molar-refractivity contribution is -0.118. The molecule has 1 amide bonds. The van der Waals surface area contributed by atoms with Crippen molar-refractivity contribution in [2.45, 2.75) is 19.3 Å². The second-order valence-corrected chi connectivity index (χ2v) is 6.58. The molecule has 100 valence electrons. The molecule has 3 aliphatic carbocycles. The molecule has 0 heterocycles. The van der Waals surface area contributed by atoms with Gasteiger partial charge in [-0.15, -0.1) is 0 Å². The van der Waals surface area contributed by atoms with Gasteiger partial charge < -0.3 is 10.4 Å². The van der Waals surface area contributed by atoms with E-state index in [2.05, 4.69) is 5.32 Å². The Morgan fingerprint density at radius 1 is 1.26 bits per heavy atom. The van der Waals surface area contributed by atoms with Crippen LogP contribution in [0.3, 0.4) is 0 Å². The number of carbonyl (C=O) groups excluding carboxylic acids is 1. The fraction of sp³-hybridized carbons (Fsp3) is 0.533. The van der Waals surface area contributed by atoms with Crippen molar-refractivity contribution < 1.29 is 9.90 Å². The second kappa shape index (κ2) is 3.89. The van der Waals surface area contributed by atoms with E-state index >= 15 is 0 Å². The van der Waals surface area contributed by atoms with E-state index in [0.29, 0.717) is 17.5 Å². The third-order valence-corrected chi connectivity index (χ3v) is 5.56. The van der Waals surface area contributed by atoms with Gasteiger partial charge in [-0.3, -0.25) is 4.79 Å². The van der Waals surface area contributed by atoms with Gasteiger partial charge >= 0.3 is 0 Å². The number of nitrogens with one attached hydrogen (secondary N) is 1. The maximum absolute atomic E-state index is 12.3. The lowest BCUT2D eigenvalue weighted by atomic mass is 10.0. The van der Waals surface area contributed by atoms with Crippen molar-refractivity contribution in [1.29, 1.82) is 0 Å². The highest BCUT2D eigenvalue weighted by Gasteiger charge is 2.67. The summed E-state index contributed by atoms with van der Waals surface area (Å²) in [6.45, 7) is 0. The monoisotopic (exact) mass is 277 g/mol. The van der Waals surface area contributed by atoms with Gasteiger partial charge in [0.1, 0.15) is 5.75 Å². The van der Waals surface area contributed by atoms with Crippen LogP contribution in [0.1, 0.15) is 19.3 Å². The Bertz CT molecular complexity index is 543. The zero-order chi connectivity index (χ0) is 13.1. The van der Waals surface area contributed by atoms with E-state index < -0.39 is 0 Å². The molecule has 4 rings (SSSR count). The molecular weight excluding hydrogens is 262 g/mol. The maximum atomic E-state index is 12.3. The van der Waals surface area contributed by atoms with Crippen LogP contribution < -0.4 is 5.32 Å². The number of benzene rings is 1. The topological polar surface area (TPSA) is 49.3 Å². The van der Waals surface area contributed by atoms with E-state index in [4.69, 9.17) is 11.6 Å². The number of rotatable bonds is 2. The van der Waals surface area contributed by atoms with Crippen LogP contribution in [-0.2, 0) is 4.79 Å². The molecule has 4 heteroatoms. The predicted octanol–water partition coefficient (Wildman–Crippen LogP) is 3.28. The van der Waals surface area contributed by atoms with Crippen molar-refractivity contribution in [3.63, 3.8) is 0 Å². The first-order valence-electron chi connectivity index (χ1n) is 6.94. The minimum absolute atomic E-state index is 0.0426. The first-order valence-corrected chi connectivity index (χ1v) is 7.32. The third kappa shape index (κ3) is 1.68. The van der Waals surface area contributed by atoms with Gasteiger partial charge in [0.15, 0.2) is 0 Å². The van der Waals surface area contributed by atoms with Gasteiger partial charge in [-0.05, 0) is 61.1 Å². The molecule has 0 radical (unpaired) electrons. The zero-order valence-electron chi connectivity index (χ0n) is 10.5. The van der Waals surface area contributed by atoms with E-state index in [1.54, 1.807) is 12.1 Å². The van der Waals surface area contributed by atoms with Crippen LogP contribution in [0.2, 0.25) is 5.02 Å². The second-order valence-electron chi connectivity index (χ2n) is 6.17. The SMILES string of the molecule is O=C(Nc1ccc(O)c(Cl)c1)C1C2C3CCC(C3)C12. The van der Waals surface area contributed by atoms with E-state index in [1.807, 2.05) is 0 Å². The summed E-state index contributed by atoms with van der Waals surface area (Å²) < 4.78 is 0. The molecule has 3 saturated carbocycles. The number of hydrogen-bond donors (Lipinski definition) is 2. The molecule has 3 fully saturated rings. The first-order chi connectivity index (χ1) is 9.15. The molecule has 3 nitrogen and oxygen atoms in total. The number of phenolic OH excluding ortho intramolecular Hbond substituents is 1. The van der Waals surface area contributed by atoms with Crippen LogP contribution in [0.5, 0.6) is 5.75 Å². The highest BCUT2D eigenvalue weighted by Crippen LogP contribution is 2.69. The smallest absolute Gasteiger partial charge is 0.228 e. The van der Waals surface area contributed by atoms with Gasteiger partial charge in [-0.1, -0.05) is 11.6 Å². The van der Waals surface area contributed by atoms with Gasteiger partial charge in [-0.25, -0.2) is 0 Å². The average molecular weight is 278 g/mol. The summed E-state index contributed by atoms with van der Waals surface area (Å²) in [5.41, 5.74) is 0.671. The third-order valence-electron chi connectivity index (χ3n) is 5.25. The molecule has 1 aromatic rings. The fourth-order valence-electron chi connectivity index (χ4n) is 4.49. The Labute approximate surface area is 117 Å². The summed E-state index contributed by atoms with van der Waals surface area (Å²) in [5.74, 6) is 3.29. The molecule has 0 saturated heterocycles. The van der Waals surface area contributed by atoms with Crippen molar-refractivity contribution in [1.82, 2.24) is 0 Å². The van der Waals surface area contributed by atoms with Crippen LogP contribution in [0.4, 0.5) is 5.69 Å². The fourth-order valence-corrected chi connectivity index (χ4v) is 4.67. The number of carbonyl (C=O) groups is 1. The normalized spacial score (nSPS) is 38.1. The van der Waals surface area contributed by atoms with Crippen LogP contribution in [0.15, 0.2) is 18.2 Å². The summed E-state index contributed by atoms with van der Waals surface area (Å²) in [6.07, 6.45) is 3.99. The van der Waals surface area contributed by atoms with Crippen LogP contribution in [0, 0.1) is 29.6 Å². The van der Waals surface area contributed by atoms with Crippen LogP contribution in [0.25, 0.3) is 0 Å². The van der Waals surface area contributed by atoms with Crippen LogP contribution in [-0.4, -0.2) is 11.0 Å². The molecule has 1 aromatic carbocycles. The van der Waals surface area contributed by atoms with Crippen molar-refractivity contribution in [2.24, 2.45) is 29.6 Å². The van der Waals surface area contributed by atoms with E-state index in [0.717, 1.165) is 11.8 Å². The Balaban J connectivity index is 1.47. The average Bonchev–Trinajstić information content (AvgIpc) is 2.83. The van der Waals surface area contributed by atoms with Crippen molar-refractivity contribution in [3.8, 4) is 5.75 Å². The Morgan fingerprint density at radius 2 is 1.95 bits per heavy atom. The molecule has 2 bridgehead atoms. The summed E-state index contributed by atoms with van der Waals surface area (Å²) in [5, 5.41) is 12.6. The molecule has 3 aliphatic rings. The van der Waals surface area contributed by atoms with Gasteiger partial charge in [0, 0.05) is 11.6 Å². The number of anilines is 1. The molecule has 0 aromatic heterocycles. The number of amides is 1. The van der Waals surface area contributed by atoms with Crippen molar-refractivity contribution in [2.75, 3.05) is 5.32 Å². The predicted molar refractivity (Wildman–Crippen MR) is 73.0 cm³/mol. The lowest BCUT2D eigenvalue weighted by Gasteiger charge is -2.10. The standard InChI is InChI=1S/C15H16ClNO2/c16-10-6-9(3-4-11(10)18)17-15(19)14-12-7-1-2-8(5-7)13(12)14/h3-4,6-8,12-14,18H,1-2,5H2,(H,17,19). The van der Waals surface area contributed by atoms with Gasteiger partial charge in [0.05, 0.1) is 5.02 Å². The lowest BCUT2D eigenvalue weighted by Crippen LogP contribution is -2.18. The summed E-state index contributed by atoms with van der Waals surface area (Å²) in [4.78, 5) is 12.3. The van der Waals surface area contributed by atoms with Crippen LogP contribution >= 0.6 is 11.6 Å². The highest BCUT2D eigenvalue weighted by molar-refractivity contribution is 6.32. The molecule has 19 heavy (non-hydrogen) atoms. The molecule has 4 unspecified atom stereocenters. The number of fused-ring (bicyclic) bond motifs is 5. The number of phenols is 1. The van der Waals surface area contributed by atoms with E-state index in [-0.39, 0.29) is 22.6 Å². The Morgan fingerprint density at radius 3 is 2.58 bits per heavy atom. The summed E-state index contributed by atoms with van der Waals surface area (Å²) in [6, 6.07) is 4.79. The minimum Gasteiger partial charge on any atom is -0.506 e. The molecule has 2 N–H and O–H groups in total. The molecule has 0 aliphatic heterocycles. The van der Waals surface area contributed by atoms with Crippen molar-refractivity contribution >= 4 is 23.2 Å². The van der Waals surface area contributed by atoms with Crippen molar-refractivity contribution in [3.05, 3.63) is 23.2 Å². The summed E-state index contributed by atoms with van der Waals surface area (Å²) in [7, 11) is 0. The molecule has 4 atom stereocenters. The number of hydrogen-bond acceptors (Lipinski definition) is 2. The number of aromatic hydroxyl groups is 1. The van der Waals surface area contributed by atoms with E-state index in [1.165, 1.54) is 25.3 Å². The summed E-state index contributed by atoms with van der Waals surface area (Å²) >= 11 is 5.84. The maximum Gasteiger partial charge on any atom is 0.228 e. The minimum atomic E-state index is 0.0426. The number of halogens is 1. The highest BCUT2D eigenvalue weighted by atomic mass is 35.5. The largest absolute Gasteiger partial charge is 0.506 e. The Hall–Kier alpha value is -1.22.